The Labute approximate surface area is 153 Å². The first-order valence-corrected chi connectivity index (χ1v) is 8.74. The van der Waals surface area contributed by atoms with Gasteiger partial charge in [0.05, 0.1) is 5.92 Å². The largest absolute Gasteiger partial charge is 0.457 e. The molecule has 0 fully saturated rings. The summed E-state index contributed by atoms with van der Waals surface area (Å²) in [5.41, 5.74) is 1.24. The van der Waals surface area contributed by atoms with Crippen molar-refractivity contribution in [2.24, 2.45) is 0 Å². The quantitative estimate of drug-likeness (QED) is 0.890. The van der Waals surface area contributed by atoms with Gasteiger partial charge in [0.25, 0.3) is 0 Å². The number of rotatable bonds is 3. The zero-order chi connectivity index (χ0) is 18.9. The zero-order valence-electron chi connectivity index (χ0n) is 15.5. The fourth-order valence-electron chi connectivity index (χ4n) is 3.03. The van der Waals surface area contributed by atoms with E-state index in [4.69, 9.17) is 4.74 Å². The second-order valence-electron chi connectivity index (χ2n) is 7.58. The van der Waals surface area contributed by atoms with E-state index in [2.05, 4.69) is 10.6 Å². The summed E-state index contributed by atoms with van der Waals surface area (Å²) in [6.07, 6.45) is 0. The van der Waals surface area contributed by atoms with Gasteiger partial charge in [-0.25, -0.2) is 0 Å². The lowest BCUT2D eigenvalue weighted by molar-refractivity contribution is -0.129. The highest BCUT2D eigenvalue weighted by molar-refractivity contribution is 5.93. The van der Waals surface area contributed by atoms with Crippen molar-refractivity contribution in [2.75, 3.05) is 0 Å². The lowest BCUT2D eigenvalue weighted by Crippen LogP contribution is -2.51. The average molecular weight is 352 g/mol. The van der Waals surface area contributed by atoms with Crippen molar-refractivity contribution in [1.82, 2.24) is 10.6 Å². The molecule has 0 aliphatic carbocycles. The summed E-state index contributed by atoms with van der Waals surface area (Å²) in [6, 6.07) is 14.3. The molecule has 0 aromatic heterocycles. The molecular weight excluding hydrogens is 328 g/mol. The molecule has 1 aliphatic heterocycles. The molecule has 0 unspecified atom stereocenters. The van der Waals surface area contributed by atoms with Crippen LogP contribution in [0.1, 0.15) is 44.7 Å². The van der Waals surface area contributed by atoms with Crippen molar-refractivity contribution < 1.29 is 14.3 Å². The standard InChI is InChI=1S/C21H24N2O3/c1-13(19(24)23-21(2,3)4)22-20(25)18-14-9-5-7-11-16(14)26-17-12-8-6-10-15(17)18/h5-13,18H,1-4H3,(H,22,25)(H,23,24)/t13-/m1/s1. The van der Waals surface area contributed by atoms with E-state index in [0.717, 1.165) is 11.1 Å². The maximum Gasteiger partial charge on any atom is 0.242 e. The van der Waals surface area contributed by atoms with Gasteiger partial charge < -0.3 is 15.4 Å². The molecular formula is C21H24N2O3. The Hall–Kier alpha value is -2.82. The highest BCUT2D eigenvalue weighted by Gasteiger charge is 2.33. The summed E-state index contributed by atoms with van der Waals surface area (Å²) in [4.78, 5) is 25.4. The van der Waals surface area contributed by atoms with E-state index in [1.54, 1.807) is 6.92 Å². The minimum absolute atomic E-state index is 0.209. The number of carbonyl (C=O) groups excluding carboxylic acids is 2. The summed E-state index contributed by atoms with van der Waals surface area (Å²) in [5.74, 6) is 0.390. The molecule has 0 radical (unpaired) electrons. The second-order valence-corrected chi connectivity index (χ2v) is 7.58. The van der Waals surface area contributed by atoms with E-state index in [9.17, 15) is 9.59 Å². The van der Waals surface area contributed by atoms with Gasteiger partial charge in [0.15, 0.2) is 0 Å². The number of ether oxygens (including phenoxy) is 1. The molecule has 0 saturated carbocycles. The van der Waals surface area contributed by atoms with Gasteiger partial charge >= 0.3 is 0 Å². The molecule has 5 nitrogen and oxygen atoms in total. The lowest BCUT2D eigenvalue weighted by Gasteiger charge is -2.29. The molecule has 0 saturated heterocycles. The van der Waals surface area contributed by atoms with Gasteiger partial charge in [0.1, 0.15) is 17.5 Å². The molecule has 0 spiro atoms. The van der Waals surface area contributed by atoms with Crippen molar-refractivity contribution >= 4 is 11.8 Å². The molecule has 5 heteroatoms. The van der Waals surface area contributed by atoms with Crippen LogP contribution in [-0.4, -0.2) is 23.4 Å². The van der Waals surface area contributed by atoms with Crippen molar-refractivity contribution in [2.45, 2.75) is 45.2 Å². The van der Waals surface area contributed by atoms with Crippen LogP contribution in [0.4, 0.5) is 0 Å². The van der Waals surface area contributed by atoms with E-state index in [-0.39, 0.29) is 17.4 Å². The van der Waals surface area contributed by atoms with E-state index >= 15 is 0 Å². The van der Waals surface area contributed by atoms with Crippen LogP contribution in [0.3, 0.4) is 0 Å². The molecule has 2 aromatic rings. The van der Waals surface area contributed by atoms with Gasteiger partial charge in [-0.3, -0.25) is 9.59 Å². The molecule has 1 aliphatic rings. The number of para-hydroxylation sites is 2. The van der Waals surface area contributed by atoms with Crippen LogP contribution in [-0.2, 0) is 9.59 Å². The van der Waals surface area contributed by atoms with E-state index in [1.807, 2.05) is 69.3 Å². The Morgan fingerprint density at radius 3 is 1.96 bits per heavy atom. The highest BCUT2D eigenvalue weighted by Crippen LogP contribution is 2.43. The lowest BCUT2D eigenvalue weighted by atomic mass is 9.87. The minimum atomic E-state index is -0.635. The number of nitrogens with one attached hydrogen (secondary N) is 2. The Balaban J connectivity index is 1.87. The maximum absolute atomic E-state index is 13.1. The SMILES string of the molecule is C[C@@H](NC(=O)C1c2ccccc2Oc2ccccc21)C(=O)NC(C)(C)C. The van der Waals surface area contributed by atoms with Gasteiger partial charge in [-0.1, -0.05) is 36.4 Å². The van der Waals surface area contributed by atoms with Gasteiger partial charge in [0, 0.05) is 16.7 Å². The van der Waals surface area contributed by atoms with Crippen molar-refractivity contribution in [3.8, 4) is 11.5 Å². The van der Waals surface area contributed by atoms with Gasteiger partial charge in [0.2, 0.25) is 11.8 Å². The summed E-state index contributed by atoms with van der Waals surface area (Å²) in [5, 5.41) is 5.73. The van der Waals surface area contributed by atoms with Crippen LogP contribution in [0.5, 0.6) is 11.5 Å². The van der Waals surface area contributed by atoms with Gasteiger partial charge in [-0.2, -0.15) is 0 Å². The fraction of sp³-hybridized carbons (Fsp3) is 0.333. The molecule has 3 rings (SSSR count). The number of hydrogen-bond donors (Lipinski definition) is 2. The predicted octanol–water partition coefficient (Wildman–Crippen LogP) is 3.34. The molecule has 1 atom stereocenters. The van der Waals surface area contributed by atoms with Crippen LogP contribution in [0.15, 0.2) is 48.5 Å². The minimum Gasteiger partial charge on any atom is -0.457 e. The molecule has 1 heterocycles. The monoisotopic (exact) mass is 352 g/mol. The van der Waals surface area contributed by atoms with E-state index in [0.29, 0.717) is 11.5 Å². The third-order valence-electron chi connectivity index (χ3n) is 4.19. The summed E-state index contributed by atoms with van der Waals surface area (Å²) in [6.45, 7) is 7.41. The van der Waals surface area contributed by atoms with Crippen molar-refractivity contribution in [3.63, 3.8) is 0 Å². The number of hydrogen-bond acceptors (Lipinski definition) is 3. The van der Waals surface area contributed by atoms with Crippen LogP contribution < -0.4 is 15.4 Å². The normalized spacial score (nSPS) is 14.5. The Kier molecular flexibility index (Phi) is 4.72. The Morgan fingerprint density at radius 1 is 0.962 bits per heavy atom. The Bertz CT molecular complexity index is 794. The van der Waals surface area contributed by atoms with E-state index < -0.39 is 12.0 Å². The first kappa shape index (κ1) is 18.0. The average Bonchev–Trinajstić information content (AvgIpc) is 2.57. The summed E-state index contributed by atoms with van der Waals surface area (Å²) in [7, 11) is 0. The zero-order valence-corrected chi connectivity index (χ0v) is 15.5. The number of benzene rings is 2. The highest BCUT2D eigenvalue weighted by atomic mass is 16.5. The van der Waals surface area contributed by atoms with Crippen LogP contribution in [0, 0.1) is 0 Å². The topological polar surface area (TPSA) is 67.4 Å². The molecule has 2 amide bonds. The first-order chi connectivity index (χ1) is 12.3. The van der Waals surface area contributed by atoms with Gasteiger partial charge in [-0.05, 0) is 39.8 Å². The van der Waals surface area contributed by atoms with Crippen LogP contribution in [0.25, 0.3) is 0 Å². The fourth-order valence-corrected chi connectivity index (χ4v) is 3.03. The molecule has 2 N–H and O–H groups in total. The molecule has 0 bridgehead atoms. The smallest absolute Gasteiger partial charge is 0.242 e. The maximum atomic E-state index is 13.1. The molecule has 2 aromatic carbocycles. The van der Waals surface area contributed by atoms with Crippen LogP contribution in [0.2, 0.25) is 0 Å². The second kappa shape index (κ2) is 6.83. The number of fused-ring (bicyclic) bond motifs is 2. The summed E-state index contributed by atoms with van der Waals surface area (Å²) < 4.78 is 5.92. The van der Waals surface area contributed by atoms with Crippen LogP contribution >= 0.6 is 0 Å². The summed E-state index contributed by atoms with van der Waals surface area (Å²) >= 11 is 0. The van der Waals surface area contributed by atoms with Crippen molar-refractivity contribution in [1.29, 1.82) is 0 Å². The third-order valence-corrected chi connectivity index (χ3v) is 4.19. The molecule has 136 valence electrons. The number of amides is 2. The first-order valence-electron chi connectivity index (χ1n) is 8.74. The third kappa shape index (κ3) is 3.72. The van der Waals surface area contributed by atoms with Gasteiger partial charge in [-0.15, -0.1) is 0 Å². The molecule has 26 heavy (non-hydrogen) atoms. The van der Waals surface area contributed by atoms with Crippen molar-refractivity contribution in [3.05, 3.63) is 59.7 Å². The predicted molar refractivity (Wildman–Crippen MR) is 100 cm³/mol. The van der Waals surface area contributed by atoms with E-state index in [1.165, 1.54) is 0 Å². The Morgan fingerprint density at radius 2 is 1.46 bits per heavy atom. The number of carbonyl (C=O) groups is 2.